The zero-order chi connectivity index (χ0) is 17.8. The lowest BCUT2D eigenvalue weighted by atomic mass is 9.84. The maximum absolute atomic E-state index is 13.7. The van der Waals surface area contributed by atoms with E-state index in [9.17, 15) is 14.8 Å². The van der Waals surface area contributed by atoms with Crippen molar-refractivity contribution in [3.05, 3.63) is 71.8 Å². The maximum Gasteiger partial charge on any atom is 0.124 e. The van der Waals surface area contributed by atoms with Gasteiger partial charge in [-0.25, -0.2) is 4.39 Å². The van der Waals surface area contributed by atoms with Gasteiger partial charge in [0, 0.05) is 18.9 Å². The number of likely N-dealkylation sites (tertiary alicyclic amines) is 1. The number of nitrogens with zero attached hydrogens (tertiary/aromatic N) is 2. The first kappa shape index (κ1) is 20.3. The van der Waals surface area contributed by atoms with Gasteiger partial charge in [-0.2, -0.15) is 5.26 Å². The minimum Gasteiger partial charge on any atom is -0.377 e. The second kappa shape index (κ2) is 9.11. The van der Waals surface area contributed by atoms with Gasteiger partial charge in [-0.3, -0.25) is 4.90 Å². The summed E-state index contributed by atoms with van der Waals surface area (Å²) in [5.74, 6) is -0.254. The smallest absolute Gasteiger partial charge is 0.124 e. The summed E-state index contributed by atoms with van der Waals surface area (Å²) in [4.78, 5) is 1.48. The minimum absolute atomic E-state index is 0. The number of aliphatic hydroxyl groups is 1. The molecule has 0 aliphatic carbocycles. The molecule has 1 unspecified atom stereocenters. The first-order valence-corrected chi connectivity index (χ1v) is 8.44. The number of halogens is 2. The van der Waals surface area contributed by atoms with Crippen LogP contribution in [0.4, 0.5) is 4.39 Å². The highest BCUT2D eigenvalue weighted by molar-refractivity contribution is 5.85. The van der Waals surface area contributed by atoms with Gasteiger partial charge in [-0.05, 0) is 11.1 Å². The van der Waals surface area contributed by atoms with Crippen LogP contribution in [-0.4, -0.2) is 41.0 Å². The fourth-order valence-corrected chi connectivity index (χ4v) is 3.58. The number of nitriles is 1. The minimum atomic E-state index is -1.11. The number of alkyl halides is 1. The fraction of sp³-hybridized carbons (Fsp3) is 0.350. The van der Waals surface area contributed by atoms with Gasteiger partial charge in [0.1, 0.15) is 18.4 Å². The molecule has 4 nitrogen and oxygen atoms in total. The second-order valence-electron chi connectivity index (χ2n) is 6.46. The van der Waals surface area contributed by atoms with Gasteiger partial charge in [0.2, 0.25) is 0 Å². The van der Waals surface area contributed by atoms with Crippen LogP contribution < -0.4 is 5.73 Å². The summed E-state index contributed by atoms with van der Waals surface area (Å²) in [7, 11) is 0. The van der Waals surface area contributed by atoms with Crippen molar-refractivity contribution >= 4 is 12.4 Å². The number of hydrogen-bond donors (Lipinski definition) is 2. The molecule has 138 valence electrons. The molecule has 4 atom stereocenters. The highest BCUT2D eigenvalue weighted by atomic mass is 35.5. The molecule has 1 saturated heterocycles. The van der Waals surface area contributed by atoms with Crippen molar-refractivity contribution in [3.8, 4) is 6.07 Å². The Morgan fingerprint density at radius 2 is 1.58 bits per heavy atom. The van der Waals surface area contributed by atoms with Crippen LogP contribution >= 0.6 is 12.4 Å². The van der Waals surface area contributed by atoms with Crippen molar-refractivity contribution in [3.63, 3.8) is 0 Å². The lowest BCUT2D eigenvalue weighted by Crippen LogP contribution is -2.52. The Morgan fingerprint density at radius 1 is 1.08 bits per heavy atom. The van der Waals surface area contributed by atoms with E-state index in [0.29, 0.717) is 0 Å². The third kappa shape index (κ3) is 4.22. The van der Waals surface area contributed by atoms with Crippen molar-refractivity contribution in [2.75, 3.05) is 6.54 Å². The number of rotatable bonds is 5. The highest BCUT2D eigenvalue weighted by Gasteiger charge is 2.40. The Balaban J connectivity index is 0.00000243. The van der Waals surface area contributed by atoms with E-state index in [0.717, 1.165) is 11.1 Å². The van der Waals surface area contributed by atoms with Crippen LogP contribution in [0.2, 0.25) is 0 Å². The summed E-state index contributed by atoms with van der Waals surface area (Å²) >= 11 is 0. The molecule has 0 bridgehead atoms. The monoisotopic (exact) mass is 375 g/mol. The lowest BCUT2D eigenvalue weighted by Gasteiger charge is -2.35. The van der Waals surface area contributed by atoms with Crippen LogP contribution in [0, 0.1) is 11.3 Å². The first-order chi connectivity index (χ1) is 12.1. The molecule has 1 aliphatic rings. The molecule has 2 aromatic rings. The standard InChI is InChI=1S/C20H22FN3O.ClH/c21-16-11-17(12-22)24(13-16)20(25)19(23)18(14-7-3-1-4-8-14)15-9-5-2-6-10-15;/h1-10,16-20,25H,11,13,23H2;1H/t16-,17-,19-,20?;/m0./s1. The van der Waals surface area contributed by atoms with Crippen LogP contribution in [0.1, 0.15) is 23.5 Å². The van der Waals surface area contributed by atoms with E-state index in [-0.39, 0.29) is 31.3 Å². The van der Waals surface area contributed by atoms with Gasteiger partial charge in [0.25, 0.3) is 0 Å². The zero-order valence-electron chi connectivity index (χ0n) is 14.3. The fourth-order valence-electron chi connectivity index (χ4n) is 3.58. The summed E-state index contributed by atoms with van der Waals surface area (Å²) in [6.07, 6.45) is -2.10. The molecule has 1 heterocycles. The van der Waals surface area contributed by atoms with E-state index < -0.39 is 24.5 Å². The normalized spacial score (nSPS) is 22.4. The molecule has 1 fully saturated rings. The average molecular weight is 376 g/mol. The average Bonchev–Trinajstić information content (AvgIpc) is 3.04. The summed E-state index contributed by atoms with van der Waals surface area (Å²) < 4.78 is 13.7. The van der Waals surface area contributed by atoms with E-state index in [1.807, 2.05) is 60.7 Å². The summed E-state index contributed by atoms with van der Waals surface area (Å²) in [6.45, 7) is 0.0311. The first-order valence-electron chi connectivity index (χ1n) is 8.44. The molecule has 2 aromatic carbocycles. The van der Waals surface area contributed by atoms with Crippen molar-refractivity contribution in [2.24, 2.45) is 5.73 Å². The second-order valence-corrected chi connectivity index (χ2v) is 6.46. The Hall–Kier alpha value is -1.97. The highest BCUT2D eigenvalue weighted by Crippen LogP contribution is 2.31. The molecular weight excluding hydrogens is 353 g/mol. The lowest BCUT2D eigenvalue weighted by molar-refractivity contribution is -0.0186. The summed E-state index contributed by atoms with van der Waals surface area (Å²) in [5.41, 5.74) is 8.40. The molecule has 3 N–H and O–H groups in total. The van der Waals surface area contributed by atoms with Gasteiger partial charge in [-0.1, -0.05) is 60.7 Å². The van der Waals surface area contributed by atoms with Crippen LogP contribution in [0.15, 0.2) is 60.7 Å². The molecule has 3 rings (SSSR count). The van der Waals surface area contributed by atoms with E-state index in [2.05, 4.69) is 6.07 Å². The van der Waals surface area contributed by atoms with Gasteiger partial charge in [0.15, 0.2) is 0 Å². The molecule has 0 spiro atoms. The predicted molar refractivity (Wildman–Crippen MR) is 102 cm³/mol. The van der Waals surface area contributed by atoms with E-state index in [4.69, 9.17) is 5.73 Å². The van der Waals surface area contributed by atoms with Crippen LogP contribution in [-0.2, 0) is 0 Å². The third-order valence-electron chi connectivity index (χ3n) is 4.82. The van der Waals surface area contributed by atoms with Crippen molar-refractivity contribution < 1.29 is 9.50 Å². The molecule has 1 aliphatic heterocycles. The van der Waals surface area contributed by atoms with Crippen molar-refractivity contribution in [1.82, 2.24) is 4.90 Å². The van der Waals surface area contributed by atoms with E-state index in [1.54, 1.807) is 0 Å². The van der Waals surface area contributed by atoms with Crippen LogP contribution in [0.5, 0.6) is 0 Å². The number of nitrogens with two attached hydrogens (primary N) is 1. The maximum atomic E-state index is 13.7. The summed E-state index contributed by atoms with van der Waals surface area (Å²) in [6, 6.07) is 20.1. The molecule has 6 heteroatoms. The van der Waals surface area contributed by atoms with E-state index in [1.165, 1.54) is 4.90 Å². The van der Waals surface area contributed by atoms with Gasteiger partial charge < -0.3 is 10.8 Å². The molecule has 0 saturated carbocycles. The summed E-state index contributed by atoms with van der Waals surface area (Å²) in [5, 5.41) is 20.1. The van der Waals surface area contributed by atoms with Crippen LogP contribution in [0.25, 0.3) is 0 Å². The number of aliphatic hydroxyl groups excluding tert-OH is 1. The molecule has 0 radical (unpaired) electrons. The Bertz CT molecular complexity index is 685. The molecular formula is C20H23ClFN3O. The molecule has 0 aromatic heterocycles. The molecule has 0 amide bonds. The van der Waals surface area contributed by atoms with Gasteiger partial charge in [0.05, 0.1) is 12.1 Å². The number of benzene rings is 2. The largest absolute Gasteiger partial charge is 0.377 e. The quantitative estimate of drug-likeness (QED) is 0.842. The van der Waals surface area contributed by atoms with Gasteiger partial charge in [-0.15, -0.1) is 12.4 Å². The van der Waals surface area contributed by atoms with Crippen molar-refractivity contribution in [2.45, 2.75) is 36.8 Å². The van der Waals surface area contributed by atoms with E-state index >= 15 is 0 Å². The Labute approximate surface area is 159 Å². The third-order valence-corrected chi connectivity index (χ3v) is 4.82. The van der Waals surface area contributed by atoms with Gasteiger partial charge >= 0.3 is 0 Å². The Kier molecular flexibility index (Phi) is 7.13. The van der Waals surface area contributed by atoms with Crippen molar-refractivity contribution in [1.29, 1.82) is 5.26 Å². The topological polar surface area (TPSA) is 73.3 Å². The zero-order valence-corrected chi connectivity index (χ0v) is 15.1. The Morgan fingerprint density at radius 3 is 2.04 bits per heavy atom. The molecule has 26 heavy (non-hydrogen) atoms. The SMILES string of the molecule is Cl.N#C[C@@H]1C[C@H](F)CN1C(O)[C@@H](N)C(c1ccccc1)c1ccccc1. The predicted octanol–water partition coefficient (Wildman–Crippen LogP) is 2.82. The number of hydrogen-bond acceptors (Lipinski definition) is 4. The van der Waals surface area contributed by atoms with Crippen LogP contribution in [0.3, 0.4) is 0 Å².